The first-order valence-electron chi connectivity index (χ1n) is 8.16. The number of fused-ring (bicyclic) bond motifs is 2. The average molecular weight is 331 g/mol. The SMILES string of the molecule is CC(=O)N1C=CC(c2ccc(C)cc2)c2c1oc1ccccc1c2=O. The van der Waals surface area contributed by atoms with E-state index in [1.165, 1.54) is 11.8 Å². The summed E-state index contributed by atoms with van der Waals surface area (Å²) >= 11 is 0. The summed E-state index contributed by atoms with van der Waals surface area (Å²) in [4.78, 5) is 26.6. The van der Waals surface area contributed by atoms with Gasteiger partial charge in [0.25, 0.3) is 0 Å². The largest absolute Gasteiger partial charge is 0.439 e. The highest BCUT2D eigenvalue weighted by Crippen LogP contribution is 2.37. The van der Waals surface area contributed by atoms with E-state index in [-0.39, 0.29) is 17.3 Å². The highest BCUT2D eigenvalue weighted by Gasteiger charge is 2.30. The van der Waals surface area contributed by atoms with E-state index in [1.807, 2.05) is 49.4 Å². The Morgan fingerprint density at radius 1 is 1.08 bits per heavy atom. The molecule has 2 aromatic carbocycles. The summed E-state index contributed by atoms with van der Waals surface area (Å²) in [6, 6.07) is 15.2. The lowest BCUT2D eigenvalue weighted by atomic mass is 9.88. The molecule has 1 unspecified atom stereocenters. The van der Waals surface area contributed by atoms with Crippen LogP contribution in [0.2, 0.25) is 0 Å². The highest BCUT2D eigenvalue weighted by molar-refractivity contribution is 5.95. The number of hydrogen-bond donors (Lipinski definition) is 0. The van der Waals surface area contributed by atoms with E-state index in [4.69, 9.17) is 4.42 Å². The first-order valence-corrected chi connectivity index (χ1v) is 8.16. The van der Waals surface area contributed by atoms with Gasteiger partial charge in [0.1, 0.15) is 5.58 Å². The second-order valence-electron chi connectivity index (χ2n) is 6.27. The Kier molecular flexibility index (Phi) is 3.53. The molecule has 1 aliphatic heterocycles. The molecule has 4 rings (SSSR count). The molecule has 0 bridgehead atoms. The number of amides is 1. The van der Waals surface area contributed by atoms with Crippen LogP contribution in [0.15, 0.2) is 70.0 Å². The maximum Gasteiger partial charge on any atom is 0.230 e. The highest BCUT2D eigenvalue weighted by atomic mass is 16.4. The van der Waals surface area contributed by atoms with E-state index < -0.39 is 0 Å². The number of para-hydroxylation sites is 1. The van der Waals surface area contributed by atoms with Crippen LogP contribution in [0.25, 0.3) is 11.0 Å². The van der Waals surface area contributed by atoms with Gasteiger partial charge in [-0.05, 0) is 24.6 Å². The molecule has 0 radical (unpaired) electrons. The fourth-order valence-corrected chi connectivity index (χ4v) is 3.23. The molecule has 0 aliphatic carbocycles. The zero-order valence-electron chi connectivity index (χ0n) is 14.0. The summed E-state index contributed by atoms with van der Waals surface area (Å²) in [7, 11) is 0. The molecule has 2 heterocycles. The van der Waals surface area contributed by atoms with E-state index >= 15 is 0 Å². The van der Waals surface area contributed by atoms with Gasteiger partial charge in [-0.2, -0.15) is 0 Å². The van der Waals surface area contributed by atoms with Gasteiger partial charge in [0.05, 0.1) is 10.9 Å². The summed E-state index contributed by atoms with van der Waals surface area (Å²) < 4.78 is 5.97. The number of hydrogen-bond acceptors (Lipinski definition) is 3. The third kappa shape index (κ3) is 2.47. The Labute approximate surface area is 145 Å². The van der Waals surface area contributed by atoms with Crippen molar-refractivity contribution in [2.45, 2.75) is 19.8 Å². The predicted octanol–water partition coefficient (Wildman–Crippen LogP) is 4.11. The van der Waals surface area contributed by atoms with E-state index in [0.29, 0.717) is 22.4 Å². The number of allylic oxidation sites excluding steroid dienone is 1. The number of benzene rings is 2. The number of rotatable bonds is 1. The molecule has 0 spiro atoms. The minimum atomic E-state index is -0.243. The third-order valence-corrected chi connectivity index (χ3v) is 4.55. The van der Waals surface area contributed by atoms with Crippen molar-refractivity contribution in [3.05, 3.63) is 87.7 Å². The van der Waals surface area contributed by atoms with Crippen LogP contribution in [0.5, 0.6) is 0 Å². The summed E-state index contributed by atoms with van der Waals surface area (Å²) in [6.07, 6.45) is 3.56. The topological polar surface area (TPSA) is 50.5 Å². The third-order valence-electron chi connectivity index (χ3n) is 4.55. The lowest BCUT2D eigenvalue weighted by Crippen LogP contribution is -2.30. The van der Waals surface area contributed by atoms with Gasteiger partial charge < -0.3 is 4.42 Å². The van der Waals surface area contributed by atoms with Crippen molar-refractivity contribution in [2.24, 2.45) is 0 Å². The van der Waals surface area contributed by atoms with Gasteiger partial charge in [-0.25, -0.2) is 0 Å². The van der Waals surface area contributed by atoms with Crippen molar-refractivity contribution in [3.63, 3.8) is 0 Å². The van der Waals surface area contributed by atoms with Crippen molar-refractivity contribution in [1.29, 1.82) is 0 Å². The second kappa shape index (κ2) is 5.74. The number of carbonyl (C=O) groups is 1. The molecule has 1 aliphatic rings. The molecule has 1 atom stereocenters. The van der Waals surface area contributed by atoms with Gasteiger partial charge in [0, 0.05) is 19.0 Å². The second-order valence-corrected chi connectivity index (χ2v) is 6.27. The smallest absolute Gasteiger partial charge is 0.230 e. The zero-order valence-corrected chi connectivity index (χ0v) is 14.0. The molecule has 4 nitrogen and oxygen atoms in total. The number of nitrogens with zero attached hydrogens (tertiary/aromatic N) is 1. The van der Waals surface area contributed by atoms with Crippen LogP contribution in [0.4, 0.5) is 5.88 Å². The van der Waals surface area contributed by atoms with Crippen molar-refractivity contribution < 1.29 is 9.21 Å². The Hall–Kier alpha value is -3.14. The lowest BCUT2D eigenvalue weighted by molar-refractivity contribution is -0.116. The van der Waals surface area contributed by atoms with Crippen LogP contribution in [0.3, 0.4) is 0 Å². The van der Waals surface area contributed by atoms with Gasteiger partial charge in [-0.3, -0.25) is 14.5 Å². The van der Waals surface area contributed by atoms with Crippen LogP contribution in [-0.2, 0) is 4.79 Å². The summed E-state index contributed by atoms with van der Waals surface area (Å²) in [5.74, 6) is -0.130. The van der Waals surface area contributed by atoms with E-state index in [1.54, 1.807) is 18.3 Å². The predicted molar refractivity (Wildman–Crippen MR) is 97.8 cm³/mol. The van der Waals surface area contributed by atoms with Crippen molar-refractivity contribution in [3.8, 4) is 0 Å². The first-order chi connectivity index (χ1) is 12.1. The molecule has 124 valence electrons. The Morgan fingerprint density at radius 2 is 1.80 bits per heavy atom. The first kappa shape index (κ1) is 15.4. The van der Waals surface area contributed by atoms with Gasteiger partial charge in [-0.15, -0.1) is 0 Å². The fraction of sp³-hybridized carbons (Fsp3) is 0.143. The quantitative estimate of drug-likeness (QED) is 0.674. The van der Waals surface area contributed by atoms with E-state index in [0.717, 1.165) is 11.1 Å². The van der Waals surface area contributed by atoms with Crippen LogP contribution in [0.1, 0.15) is 29.5 Å². The molecular formula is C21H17NO3. The van der Waals surface area contributed by atoms with Crippen LogP contribution < -0.4 is 10.3 Å². The molecule has 1 amide bonds. The zero-order chi connectivity index (χ0) is 17.6. The Balaban J connectivity index is 2.02. The lowest BCUT2D eigenvalue weighted by Gasteiger charge is -2.27. The van der Waals surface area contributed by atoms with E-state index in [2.05, 4.69) is 0 Å². The standard InChI is InChI=1S/C21H17NO3/c1-13-7-9-15(10-8-13)16-11-12-22(14(2)23)21-19(16)20(24)17-5-3-4-6-18(17)25-21/h3-12,16H,1-2H3. The minimum absolute atomic E-state index is 0.0991. The van der Waals surface area contributed by atoms with Gasteiger partial charge in [-0.1, -0.05) is 48.0 Å². The number of aryl methyl sites for hydroxylation is 1. The molecule has 4 heteroatoms. The molecule has 0 saturated carbocycles. The summed E-state index contributed by atoms with van der Waals surface area (Å²) in [5.41, 5.74) is 3.03. The molecule has 3 aromatic rings. The van der Waals surface area contributed by atoms with Gasteiger partial charge in [0.15, 0.2) is 5.43 Å². The fourth-order valence-electron chi connectivity index (χ4n) is 3.23. The maximum absolute atomic E-state index is 13.2. The van der Waals surface area contributed by atoms with Gasteiger partial charge >= 0.3 is 0 Å². The minimum Gasteiger partial charge on any atom is -0.439 e. The van der Waals surface area contributed by atoms with Crippen molar-refractivity contribution >= 4 is 22.8 Å². The number of anilines is 1. The molecular weight excluding hydrogens is 314 g/mol. The van der Waals surface area contributed by atoms with Crippen LogP contribution >= 0.6 is 0 Å². The molecule has 1 aromatic heterocycles. The Morgan fingerprint density at radius 3 is 2.52 bits per heavy atom. The van der Waals surface area contributed by atoms with Crippen LogP contribution in [0, 0.1) is 6.92 Å². The monoisotopic (exact) mass is 331 g/mol. The van der Waals surface area contributed by atoms with Crippen molar-refractivity contribution in [1.82, 2.24) is 0 Å². The molecule has 0 fully saturated rings. The summed E-state index contributed by atoms with van der Waals surface area (Å²) in [5, 5.41) is 0.525. The number of carbonyl (C=O) groups excluding carboxylic acids is 1. The molecule has 0 saturated heterocycles. The van der Waals surface area contributed by atoms with Crippen molar-refractivity contribution in [2.75, 3.05) is 4.90 Å². The maximum atomic E-state index is 13.2. The van der Waals surface area contributed by atoms with Gasteiger partial charge in [0.2, 0.25) is 11.8 Å². The molecule has 0 N–H and O–H groups in total. The molecule has 25 heavy (non-hydrogen) atoms. The Bertz CT molecular complexity index is 1060. The van der Waals surface area contributed by atoms with Crippen LogP contribution in [-0.4, -0.2) is 5.91 Å². The average Bonchev–Trinajstić information content (AvgIpc) is 2.61. The summed E-state index contributed by atoms with van der Waals surface area (Å²) in [6.45, 7) is 3.48. The normalized spacial score (nSPS) is 16.1. The van der Waals surface area contributed by atoms with E-state index in [9.17, 15) is 9.59 Å².